The minimum absolute atomic E-state index is 0.216. The Morgan fingerprint density at radius 2 is 1.85 bits per heavy atom. The van der Waals surface area contributed by atoms with Crippen molar-refractivity contribution in [2.24, 2.45) is 0 Å². The summed E-state index contributed by atoms with van der Waals surface area (Å²) in [6, 6.07) is 9.93. The molecule has 1 aromatic carbocycles. The van der Waals surface area contributed by atoms with Gasteiger partial charge in [-0.1, -0.05) is 56.3 Å². The topological polar surface area (TPSA) is 63.3 Å². The summed E-state index contributed by atoms with van der Waals surface area (Å²) in [5, 5.41) is 13.4. The molecule has 1 aromatic heterocycles. The average molecular weight is 273 g/mol. The van der Waals surface area contributed by atoms with Crippen LogP contribution in [0.4, 0.5) is 0 Å². The Bertz CT molecular complexity index is 594. The SMILES string of the molecule is CC(C)(C)c1onc(CCc2ccccc2)c1C(=O)O. The fourth-order valence-corrected chi connectivity index (χ4v) is 2.13. The Kier molecular flexibility index (Phi) is 3.93. The van der Waals surface area contributed by atoms with Crippen LogP contribution >= 0.6 is 0 Å². The van der Waals surface area contributed by atoms with E-state index in [0.29, 0.717) is 17.9 Å². The van der Waals surface area contributed by atoms with Crippen molar-refractivity contribution in [3.8, 4) is 0 Å². The van der Waals surface area contributed by atoms with Crippen molar-refractivity contribution in [1.82, 2.24) is 5.16 Å². The van der Waals surface area contributed by atoms with Gasteiger partial charge in [0.2, 0.25) is 0 Å². The average Bonchev–Trinajstić information content (AvgIpc) is 2.81. The van der Waals surface area contributed by atoms with Crippen LogP contribution in [0.3, 0.4) is 0 Å². The number of aromatic nitrogens is 1. The highest BCUT2D eigenvalue weighted by Crippen LogP contribution is 2.28. The molecule has 0 fully saturated rings. The number of hydrogen-bond donors (Lipinski definition) is 1. The first-order valence-electron chi connectivity index (χ1n) is 6.66. The van der Waals surface area contributed by atoms with E-state index in [2.05, 4.69) is 5.16 Å². The summed E-state index contributed by atoms with van der Waals surface area (Å²) in [7, 11) is 0. The summed E-state index contributed by atoms with van der Waals surface area (Å²) in [4.78, 5) is 11.5. The second kappa shape index (κ2) is 5.49. The molecule has 0 aliphatic heterocycles. The molecule has 0 aliphatic rings. The van der Waals surface area contributed by atoms with Crippen molar-refractivity contribution in [1.29, 1.82) is 0 Å². The molecule has 2 rings (SSSR count). The van der Waals surface area contributed by atoms with Gasteiger partial charge in [0.25, 0.3) is 0 Å². The number of benzene rings is 1. The van der Waals surface area contributed by atoms with E-state index in [9.17, 15) is 9.90 Å². The molecule has 20 heavy (non-hydrogen) atoms. The maximum Gasteiger partial charge on any atom is 0.341 e. The molecule has 4 heteroatoms. The zero-order valence-electron chi connectivity index (χ0n) is 12.0. The van der Waals surface area contributed by atoms with Gasteiger partial charge in [0, 0.05) is 5.41 Å². The van der Waals surface area contributed by atoms with Gasteiger partial charge >= 0.3 is 5.97 Å². The van der Waals surface area contributed by atoms with Gasteiger partial charge in [-0.3, -0.25) is 0 Å². The molecule has 1 heterocycles. The van der Waals surface area contributed by atoms with Crippen LogP contribution in [0.15, 0.2) is 34.9 Å². The third-order valence-corrected chi connectivity index (χ3v) is 3.15. The van der Waals surface area contributed by atoms with Crippen LogP contribution in [0, 0.1) is 0 Å². The summed E-state index contributed by atoms with van der Waals surface area (Å²) in [6.07, 6.45) is 1.31. The van der Waals surface area contributed by atoms with Crippen molar-refractivity contribution < 1.29 is 14.4 Å². The monoisotopic (exact) mass is 273 g/mol. The van der Waals surface area contributed by atoms with Crippen LogP contribution < -0.4 is 0 Å². The number of aryl methyl sites for hydroxylation is 2. The van der Waals surface area contributed by atoms with Crippen molar-refractivity contribution in [2.75, 3.05) is 0 Å². The lowest BCUT2D eigenvalue weighted by Crippen LogP contribution is -2.16. The summed E-state index contributed by atoms with van der Waals surface area (Å²) < 4.78 is 5.28. The minimum atomic E-state index is -0.973. The molecule has 1 N–H and O–H groups in total. The molecule has 2 aromatic rings. The smallest absolute Gasteiger partial charge is 0.341 e. The highest BCUT2D eigenvalue weighted by Gasteiger charge is 2.30. The second-order valence-corrected chi connectivity index (χ2v) is 5.87. The number of carboxylic acids is 1. The molecule has 0 saturated carbocycles. The van der Waals surface area contributed by atoms with E-state index >= 15 is 0 Å². The van der Waals surface area contributed by atoms with Gasteiger partial charge in [-0.15, -0.1) is 0 Å². The first-order valence-corrected chi connectivity index (χ1v) is 6.66. The third-order valence-electron chi connectivity index (χ3n) is 3.15. The summed E-state index contributed by atoms with van der Waals surface area (Å²) >= 11 is 0. The first kappa shape index (κ1) is 14.3. The van der Waals surface area contributed by atoms with E-state index in [4.69, 9.17) is 4.52 Å². The molecule has 0 radical (unpaired) electrons. The van der Waals surface area contributed by atoms with E-state index in [1.165, 1.54) is 0 Å². The Labute approximate surface area is 118 Å². The maximum absolute atomic E-state index is 11.5. The van der Waals surface area contributed by atoms with Crippen molar-refractivity contribution >= 4 is 5.97 Å². The molecule has 0 spiro atoms. The summed E-state index contributed by atoms with van der Waals surface area (Å²) in [6.45, 7) is 5.75. The lowest BCUT2D eigenvalue weighted by Gasteiger charge is -2.14. The molecule has 4 nitrogen and oxygen atoms in total. The van der Waals surface area contributed by atoms with Crippen molar-refractivity contribution in [3.63, 3.8) is 0 Å². The van der Waals surface area contributed by atoms with Crippen molar-refractivity contribution in [2.45, 2.75) is 39.0 Å². The van der Waals surface area contributed by atoms with Crippen LogP contribution in [0.25, 0.3) is 0 Å². The molecule has 0 atom stereocenters. The van der Waals surface area contributed by atoms with E-state index in [1.54, 1.807) is 0 Å². The van der Waals surface area contributed by atoms with Crippen molar-refractivity contribution in [3.05, 3.63) is 52.9 Å². The van der Waals surface area contributed by atoms with E-state index < -0.39 is 5.97 Å². The first-order chi connectivity index (χ1) is 9.39. The molecule has 0 unspecified atom stereocenters. The standard InChI is InChI=1S/C16H19NO3/c1-16(2,3)14-13(15(18)19)12(17-20-14)10-9-11-7-5-4-6-8-11/h4-8H,9-10H2,1-3H3,(H,18,19). The largest absolute Gasteiger partial charge is 0.477 e. The van der Waals surface area contributed by atoms with Crippen LogP contribution in [0.2, 0.25) is 0 Å². The van der Waals surface area contributed by atoms with Crippen LogP contribution in [0.1, 0.15) is 48.1 Å². The van der Waals surface area contributed by atoms with Crippen LogP contribution in [-0.4, -0.2) is 16.2 Å². The number of carbonyl (C=O) groups is 1. The molecule has 106 valence electrons. The Morgan fingerprint density at radius 3 is 2.40 bits per heavy atom. The highest BCUT2D eigenvalue weighted by molar-refractivity contribution is 5.90. The summed E-state index contributed by atoms with van der Waals surface area (Å²) in [5.41, 5.74) is 1.52. The number of hydrogen-bond acceptors (Lipinski definition) is 3. The van der Waals surface area contributed by atoms with Gasteiger partial charge in [-0.2, -0.15) is 0 Å². The number of carboxylic acid groups (broad SMARTS) is 1. The maximum atomic E-state index is 11.5. The van der Waals surface area contributed by atoms with Gasteiger partial charge in [0.1, 0.15) is 5.56 Å². The second-order valence-electron chi connectivity index (χ2n) is 5.87. The summed E-state index contributed by atoms with van der Waals surface area (Å²) in [5.74, 6) is -0.535. The zero-order valence-corrected chi connectivity index (χ0v) is 12.0. The van der Waals surface area contributed by atoms with E-state index in [0.717, 1.165) is 12.0 Å². The third kappa shape index (κ3) is 3.07. The lowest BCUT2D eigenvalue weighted by molar-refractivity contribution is 0.0691. The van der Waals surface area contributed by atoms with Gasteiger partial charge < -0.3 is 9.63 Å². The lowest BCUT2D eigenvalue weighted by atomic mass is 9.89. The van der Waals surface area contributed by atoms with Crippen LogP contribution in [-0.2, 0) is 18.3 Å². The van der Waals surface area contributed by atoms with E-state index in [1.807, 2.05) is 51.1 Å². The Morgan fingerprint density at radius 1 is 1.20 bits per heavy atom. The quantitative estimate of drug-likeness (QED) is 0.926. The van der Waals surface area contributed by atoms with Gasteiger partial charge in [-0.25, -0.2) is 4.79 Å². The number of nitrogens with zero attached hydrogens (tertiary/aromatic N) is 1. The molecular weight excluding hydrogens is 254 g/mol. The van der Waals surface area contributed by atoms with Gasteiger partial charge in [0.15, 0.2) is 5.76 Å². The fourth-order valence-electron chi connectivity index (χ4n) is 2.13. The predicted molar refractivity (Wildman–Crippen MR) is 76.0 cm³/mol. The molecule has 0 saturated heterocycles. The normalized spacial score (nSPS) is 11.6. The Balaban J connectivity index is 2.24. The zero-order chi connectivity index (χ0) is 14.8. The minimum Gasteiger partial charge on any atom is -0.477 e. The number of rotatable bonds is 4. The molecule has 0 bridgehead atoms. The molecule has 0 amide bonds. The number of aromatic carboxylic acids is 1. The molecule has 0 aliphatic carbocycles. The van der Waals surface area contributed by atoms with Crippen LogP contribution in [0.5, 0.6) is 0 Å². The fraction of sp³-hybridized carbons (Fsp3) is 0.375. The highest BCUT2D eigenvalue weighted by atomic mass is 16.5. The van der Waals surface area contributed by atoms with Gasteiger partial charge in [-0.05, 0) is 18.4 Å². The van der Waals surface area contributed by atoms with E-state index in [-0.39, 0.29) is 11.0 Å². The molecular formula is C16H19NO3. The van der Waals surface area contributed by atoms with Gasteiger partial charge in [0.05, 0.1) is 5.69 Å². The Hall–Kier alpha value is -2.10. The predicted octanol–water partition coefficient (Wildman–Crippen LogP) is 3.46.